The molecule has 5 rings (SSSR count). The van der Waals surface area contributed by atoms with Gasteiger partial charge in [0.25, 0.3) is 0 Å². The molecule has 0 unspecified atom stereocenters. The first-order valence-corrected chi connectivity index (χ1v) is 16.6. The largest absolute Gasteiger partial charge is 0.349 e. The molecule has 0 aliphatic carbocycles. The SMILES string of the molecule is COP(=O)(OC)[C@H]([C@H](c1ccccc1)N(Cc1ccccc1)Cc1ccccc1)N(Cc1ccccc1)Cc1ccccc1. The highest BCUT2D eigenvalue weighted by Crippen LogP contribution is 2.59. The Labute approximate surface area is 262 Å². The Kier molecular flexibility index (Phi) is 11.3. The first kappa shape index (κ1) is 31.6. The fourth-order valence-corrected chi connectivity index (χ4v) is 7.70. The highest BCUT2D eigenvalue weighted by molar-refractivity contribution is 7.54. The molecule has 44 heavy (non-hydrogen) atoms. The van der Waals surface area contributed by atoms with Crippen LogP contribution in [0.2, 0.25) is 0 Å². The van der Waals surface area contributed by atoms with Gasteiger partial charge in [-0.2, -0.15) is 0 Å². The zero-order chi connectivity index (χ0) is 30.6. The van der Waals surface area contributed by atoms with Crippen LogP contribution in [-0.4, -0.2) is 29.8 Å². The van der Waals surface area contributed by atoms with Crippen molar-refractivity contribution in [2.24, 2.45) is 0 Å². The minimum atomic E-state index is -3.72. The normalized spacial score (nSPS) is 13.2. The molecule has 5 aromatic rings. The molecule has 0 saturated heterocycles. The summed E-state index contributed by atoms with van der Waals surface area (Å²) in [6.45, 7) is 2.41. The van der Waals surface area contributed by atoms with E-state index >= 15 is 0 Å². The average Bonchev–Trinajstić information content (AvgIpc) is 3.08. The smallest absolute Gasteiger partial charge is 0.311 e. The molecule has 2 atom stereocenters. The van der Waals surface area contributed by atoms with Crippen molar-refractivity contribution in [2.45, 2.75) is 38.0 Å². The van der Waals surface area contributed by atoms with Gasteiger partial charge in [0, 0.05) is 40.4 Å². The lowest BCUT2D eigenvalue weighted by molar-refractivity contribution is 0.0743. The molecule has 0 aliphatic rings. The maximum absolute atomic E-state index is 15.0. The molecule has 0 heterocycles. The highest BCUT2D eigenvalue weighted by Gasteiger charge is 2.47. The minimum absolute atomic E-state index is 0.352. The van der Waals surface area contributed by atoms with E-state index in [1.807, 2.05) is 66.7 Å². The summed E-state index contributed by atoms with van der Waals surface area (Å²) in [5, 5.41) is 0. The average molecular weight is 605 g/mol. The van der Waals surface area contributed by atoms with E-state index in [9.17, 15) is 4.57 Å². The second-order valence-corrected chi connectivity index (χ2v) is 13.3. The van der Waals surface area contributed by atoms with E-state index in [0.717, 1.165) is 16.7 Å². The molecule has 0 aliphatic heterocycles. The van der Waals surface area contributed by atoms with Gasteiger partial charge in [-0.15, -0.1) is 0 Å². The van der Waals surface area contributed by atoms with Crippen LogP contribution in [0.3, 0.4) is 0 Å². The van der Waals surface area contributed by atoms with Crippen molar-refractivity contribution in [1.82, 2.24) is 9.80 Å². The molecule has 0 radical (unpaired) electrons. The topological polar surface area (TPSA) is 42.0 Å². The summed E-state index contributed by atoms with van der Waals surface area (Å²) in [4.78, 5) is 4.69. The van der Waals surface area contributed by atoms with Crippen LogP contribution in [-0.2, 0) is 39.8 Å². The second-order valence-electron chi connectivity index (χ2n) is 10.9. The summed E-state index contributed by atoms with van der Waals surface area (Å²) in [5.41, 5.74) is 5.63. The third kappa shape index (κ3) is 8.21. The molecule has 5 nitrogen and oxygen atoms in total. The van der Waals surface area contributed by atoms with Gasteiger partial charge in [0.1, 0.15) is 5.78 Å². The number of hydrogen-bond donors (Lipinski definition) is 0. The Balaban J connectivity index is 1.70. The van der Waals surface area contributed by atoms with E-state index in [2.05, 4.69) is 94.7 Å². The van der Waals surface area contributed by atoms with Crippen molar-refractivity contribution in [3.8, 4) is 0 Å². The third-order valence-corrected chi connectivity index (χ3v) is 10.2. The number of hydrogen-bond acceptors (Lipinski definition) is 5. The first-order valence-electron chi connectivity index (χ1n) is 15.0. The van der Waals surface area contributed by atoms with E-state index < -0.39 is 13.4 Å². The Morgan fingerprint density at radius 3 is 1.09 bits per heavy atom. The molecule has 0 spiro atoms. The van der Waals surface area contributed by atoms with E-state index in [4.69, 9.17) is 9.05 Å². The Hall–Kier alpha value is -3.83. The van der Waals surface area contributed by atoms with Crippen molar-refractivity contribution >= 4 is 7.60 Å². The minimum Gasteiger partial charge on any atom is -0.311 e. The molecule has 0 amide bonds. The zero-order valence-corrected chi connectivity index (χ0v) is 26.4. The quantitative estimate of drug-likeness (QED) is 0.112. The second kappa shape index (κ2) is 15.8. The van der Waals surface area contributed by atoms with Crippen molar-refractivity contribution < 1.29 is 13.6 Å². The summed E-state index contributed by atoms with van der Waals surface area (Å²) in [6, 6.07) is 51.6. The van der Waals surface area contributed by atoms with Crippen LogP contribution >= 0.6 is 7.60 Å². The van der Waals surface area contributed by atoms with Crippen molar-refractivity contribution in [3.63, 3.8) is 0 Å². The lowest BCUT2D eigenvalue weighted by Crippen LogP contribution is -2.46. The van der Waals surface area contributed by atoms with Crippen LogP contribution in [0.15, 0.2) is 152 Å². The molecule has 226 valence electrons. The van der Waals surface area contributed by atoms with Gasteiger partial charge in [-0.1, -0.05) is 152 Å². The van der Waals surface area contributed by atoms with Gasteiger partial charge < -0.3 is 9.05 Å². The number of nitrogens with zero attached hydrogens (tertiary/aromatic N) is 2. The Bertz CT molecular complexity index is 1480. The van der Waals surface area contributed by atoms with E-state index in [1.54, 1.807) is 0 Å². The predicted molar refractivity (Wildman–Crippen MR) is 179 cm³/mol. The van der Waals surface area contributed by atoms with Crippen molar-refractivity contribution in [2.75, 3.05) is 14.2 Å². The molecule has 5 aromatic carbocycles. The van der Waals surface area contributed by atoms with Gasteiger partial charge in [-0.3, -0.25) is 14.4 Å². The Morgan fingerprint density at radius 1 is 0.477 bits per heavy atom. The van der Waals surface area contributed by atoms with Crippen LogP contribution in [0.5, 0.6) is 0 Å². The summed E-state index contributed by atoms with van der Waals surface area (Å²) in [5.74, 6) is -0.646. The monoisotopic (exact) mass is 604 g/mol. The molecular formula is C38H41N2O3P. The van der Waals surface area contributed by atoms with Gasteiger partial charge in [0.15, 0.2) is 0 Å². The fourth-order valence-electron chi connectivity index (χ4n) is 5.85. The van der Waals surface area contributed by atoms with Crippen molar-refractivity contribution in [1.29, 1.82) is 0 Å². The maximum Gasteiger partial charge on any atom is 0.349 e. The van der Waals surface area contributed by atoms with E-state index in [-0.39, 0.29) is 6.04 Å². The highest BCUT2D eigenvalue weighted by atomic mass is 31.2. The van der Waals surface area contributed by atoms with Crippen LogP contribution in [0.1, 0.15) is 33.9 Å². The fraction of sp³-hybridized carbons (Fsp3) is 0.211. The molecule has 0 N–H and O–H groups in total. The molecule has 0 saturated carbocycles. The molecular weight excluding hydrogens is 563 g/mol. The summed E-state index contributed by atoms with van der Waals surface area (Å²) in [6.07, 6.45) is 0. The maximum atomic E-state index is 15.0. The molecule has 6 heteroatoms. The van der Waals surface area contributed by atoms with E-state index in [1.165, 1.54) is 25.3 Å². The Morgan fingerprint density at radius 2 is 0.773 bits per heavy atom. The zero-order valence-electron chi connectivity index (χ0n) is 25.5. The number of rotatable bonds is 15. The van der Waals surface area contributed by atoms with Crippen LogP contribution < -0.4 is 0 Å². The van der Waals surface area contributed by atoms with Gasteiger partial charge >= 0.3 is 7.60 Å². The standard InChI is InChI=1S/C38H41N2O3P/c1-42-44(41,43-2)38(40(30-34-22-12-5-13-23-34)31-35-24-14-6-15-25-35)37(36-26-16-7-17-27-36)39(28-32-18-8-3-9-19-32)29-33-20-10-4-11-21-33/h3-27,37-38H,28-31H2,1-2H3/t37-,38+/m0/s1. The summed E-state index contributed by atoms with van der Waals surface area (Å²) >= 11 is 0. The summed E-state index contributed by atoms with van der Waals surface area (Å²) in [7, 11) is -0.720. The van der Waals surface area contributed by atoms with Gasteiger partial charge in [0.05, 0.1) is 6.04 Å². The predicted octanol–water partition coefficient (Wildman–Crippen LogP) is 8.94. The first-order chi connectivity index (χ1) is 21.6. The summed E-state index contributed by atoms with van der Waals surface area (Å²) < 4.78 is 26.8. The van der Waals surface area contributed by atoms with Gasteiger partial charge in [0.2, 0.25) is 0 Å². The number of benzene rings is 5. The lowest BCUT2D eigenvalue weighted by Gasteiger charge is -2.44. The van der Waals surface area contributed by atoms with Crippen molar-refractivity contribution in [3.05, 3.63) is 179 Å². The van der Waals surface area contributed by atoms with Gasteiger partial charge in [-0.05, 0) is 27.8 Å². The third-order valence-electron chi connectivity index (χ3n) is 7.94. The van der Waals surface area contributed by atoms with Crippen LogP contribution in [0.25, 0.3) is 0 Å². The molecule has 0 bridgehead atoms. The molecule has 0 aromatic heterocycles. The lowest BCUT2D eigenvalue weighted by atomic mass is 10.0. The van der Waals surface area contributed by atoms with Crippen LogP contribution in [0, 0.1) is 0 Å². The van der Waals surface area contributed by atoms with Crippen LogP contribution in [0.4, 0.5) is 0 Å². The molecule has 0 fully saturated rings. The van der Waals surface area contributed by atoms with E-state index in [0.29, 0.717) is 26.2 Å². The van der Waals surface area contributed by atoms with Gasteiger partial charge in [-0.25, -0.2) is 0 Å².